The molecule has 2 N–H and O–H groups in total. The molecule has 1 aromatic heterocycles. The largest absolute Gasteiger partial charge is 0.371 e. The standard InChI is InChI=1S/C16H27N3/c1-11-8-15(14(9-17)12(2)18-11)19-7-6-13(10-19)16(3,4)5/h8,13H,6-7,9-10,17H2,1-5H3. The molecule has 0 radical (unpaired) electrons. The summed E-state index contributed by atoms with van der Waals surface area (Å²) in [6, 6.07) is 2.19. The molecule has 106 valence electrons. The van der Waals surface area contributed by atoms with Gasteiger partial charge in [0, 0.05) is 42.3 Å². The Morgan fingerprint density at radius 3 is 2.58 bits per heavy atom. The maximum Gasteiger partial charge on any atom is 0.0448 e. The smallest absolute Gasteiger partial charge is 0.0448 e. The first-order chi connectivity index (χ1) is 8.82. The molecule has 0 aromatic carbocycles. The Labute approximate surface area is 117 Å². The highest BCUT2D eigenvalue weighted by Crippen LogP contribution is 2.37. The van der Waals surface area contributed by atoms with E-state index in [1.807, 2.05) is 0 Å². The second-order valence-corrected chi connectivity index (χ2v) is 6.85. The monoisotopic (exact) mass is 261 g/mol. The van der Waals surface area contributed by atoms with Gasteiger partial charge in [0.2, 0.25) is 0 Å². The van der Waals surface area contributed by atoms with Gasteiger partial charge in [0.25, 0.3) is 0 Å². The molecule has 0 aliphatic carbocycles. The minimum atomic E-state index is 0.384. The molecule has 3 heteroatoms. The van der Waals surface area contributed by atoms with Crippen LogP contribution in [0.4, 0.5) is 5.69 Å². The van der Waals surface area contributed by atoms with E-state index in [-0.39, 0.29) is 0 Å². The first-order valence-electron chi connectivity index (χ1n) is 7.25. The van der Waals surface area contributed by atoms with Crippen LogP contribution >= 0.6 is 0 Å². The second-order valence-electron chi connectivity index (χ2n) is 6.85. The van der Waals surface area contributed by atoms with Gasteiger partial charge in [0.1, 0.15) is 0 Å². The number of rotatable bonds is 2. The summed E-state index contributed by atoms with van der Waals surface area (Å²) in [5.74, 6) is 0.756. The Hall–Kier alpha value is -1.09. The molecule has 0 saturated carbocycles. The van der Waals surface area contributed by atoms with Crippen LogP contribution in [0.5, 0.6) is 0 Å². The van der Waals surface area contributed by atoms with Crippen molar-refractivity contribution >= 4 is 5.69 Å². The van der Waals surface area contributed by atoms with Gasteiger partial charge in [-0.1, -0.05) is 20.8 Å². The lowest BCUT2D eigenvalue weighted by atomic mass is 9.80. The van der Waals surface area contributed by atoms with Crippen LogP contribution in [0.25, 0.3) is 0 Å². The fraction of sp³-hybridized carbons (Fsp3) is 0.688. The molecular formula is C16H27N3. The van der Waals surface area contributed by atoms with Crippen LogP contribution in [0.15, 0.2) is 6.07 Å². The summed E-state index contributed by atoms with van der Waals surface area (Å²) >= 11 is 0. The van der Waals surface area contributed by atoms with E-state index in [1.54, 1.807) is 0 Å². The van der Waals surface area contributed by atoms with Crippen LogP contribution in [0, 0.1) is 25.2 Å². The SMILES string of the molecule is Cc1cc(N2CCC(C(C)(C)C)C2)c(CN)c(C)n1. The summed E-state index contributed by atoms with van der Waals surface area (Å²) in [7, 11) is 0. The molecule has 19 heavy (non-hydrogen) atoms. The normalized spacial score (nSPS) is 20.1. The third kappa shape index (κ3) is 2.92. The minimum absolute atomic E-state index is 0.384. The predicted octanol–water partition coefficient (Wildman–Crippen LogP) is 3.03. The van der Waals surface area contributed by atoms with E-state index in [0.29, 0.717) is 12.0 Å². The van der Waals surface area contributed by atoms with Gasteiger partial charge < -0.3 is 10.6 Å². The van der Waals surface area contributed by atoms with Gasteiger partial charge in [-0.2, -0.15) is 0 Å². The van der Waals surface area contributed by atoms with E-state index in [1.165, 1.54) is 17.7 Å². The number of hydrogen-bond donors (Lipinski definition) is 1. The molecule has 1 unspecified atom stereocenters. The number of nitrogens with zero attached hydrogens (tertiary/aromatic N) is 2. The molecule has 1 saturated heterocycles. The lowest BCUT2D eigenvalue weighted by Crippen LogP contribution is -2.27. The molecular weight excluding hydrogens is 234 g/mol. The van der Waals surface area contributed by atoms with E-state index in [4.69, 9.17) is 5.73 Å². The van der Waals surface area contributed by atoms with Gasteiger partial charge >= 0.3 is 0 Å². The molecule has 2 heterocycles. The molecule has 1 aliphatic heterocycles. The Bertz CT molecular complexity index is 460. The Morgan fingerprint density at radius 1 is 1.37 bits per heavy atom. The van der Waals surface area contributed by atoms with Crippen LogP contribution in [0.2, 0.25) is 0 Å². The molecule has 0 amide bonds. The quantitative estimate of drug-likeness (QED) is 0.890. The van der Waals surface area contributed by atoms with Crippen LogP contribution < -0.4 is 10.6 Å². The summed E-state index contributed by atoms with van der Waals surface area (Å²) in [6.45, 7) is 14.0. The number of hydrogen-bond acceptors (Lipinski definition) is 3. The van der Waals surface area contributed by atoms with Crippen molar-refractivity contribution in [2.75, 3.05) is 18.0 Å². The average molecular weight is 261 g/mol. The number of anilines is 1. The highest BCUT2D eigenvalue weighted by Gasteiger charge is 2.32. The van der Waals surface area contributed by atoms with E-state index in [9.17, 15) is 0 Å². The van der Waals surface area contributed by atoms with Gasteiger partial charge in [0.05, 0.1) is 0 Å². The van der Waals surface area contributed by atoms with Gasteiger partial charge in [-0.15, -0.1) is 0 Å². The third-order valence-corrected chi connectivity index (χ3v) is 4.39. The zero-order chi connectivity index (χ0) is 14.2. The summed E-state index contributed by atoms with van der Waals surface area (Å²) in [6.07, 6.45) is 1.27. The average Bonchev–Trinajstić information content (AvgIpc) is 2.76. The van der Waals surface area contributed by atoms with E-state index in [2.05, 4.69) is 50.6 Å². The Balaban J connectivity index is 2.29. The summed E-state index contributed by atoms with van der Waals surface area (Å²) < 4.78 is 0. The molecule has 1 atom stereocenters. The van der Waals surface area contributed by atoms with Crippen LogP contribution in [0.3, 0.4) is 0 Å². The number of pyridine rings is 1. The molecule has 1 aromatic rings. The van der Waals surface area contributed by atoms with Gasteiger partial charge in [-0.05, 0) is 37.7 Å². The first-order valence-corrected chi connectivity index (χ1v) is 7.25. The topological polar surface area (TPSA) is 42.1 Å². The van der Waals surface area contributed by atoms with Crippen molar-refractivity contribution in [1.82, 2.24) is 4.98 Å². The third-order valence-electron chi connectivity index (χ3n) is 4.39. The maximum absolute atomic E-state index is 5.92. The molecule has 1 fully saturated rings. The summed E-state index contributed by atoms with van der Waals surface area (Å²) in [4.78, 5) is 7.04. The van der Waals surface area contributed by atoms with Crippen molar-refractivity contribution in [2.45, 2.75) is 47.6 Å². The highest BCUT2D eigenvalue weighted by atomic mass is 15.2. The fourth-order valence-corrected chi connectivity index (χ4v) is 3.05. The number of nitrogens with two attached hydrogens (primary N) is 1. The summed E-state index contributed by atoms with van der Waals surface area (Å²) in [5.41, 5.74) is 11.0. The molecule has 3 nitrogen and oxygen atoms in total. The van der Waals surface area contributed by atoms with Crippen molar-refractivity contribution in [2.24, 2.45) is 17.1 Å². The molecule has 0 spiro atoms. The van der Waals surface area contributed by atoms with Gasteiger partial charge in [0.15, 0.2) is 0 Å². The van der Waals surface area contributed by atoms with Crippen LogP contribution in [-0.2, 0) is 6.54 Å². The lowest BCUT2D eigenvalue weighted by Gasteiger charge is -2.28. The molecule has 0 bridgehead atoms. The van der Waals surface area contributed by atoms with Crippen molar-refractivity contribution in [3.63, 3.8) is 0 Å². The lowest BCUT2D eigenvalue weighted by molar-refractivity contribution is 0.263. The Morgan fingerprint density at radius 2 is 2.05 bits per heavy atom. The zero-order valence-corrected chi connectivity index (χ0v) is 13.0. The van der Waals surface area contributed by atoms with Crippen LogP contribution in [-0.4, -0.2) is 18.1 Å². The van der Waals surface area contributed by atoms with E-state index < -0.39 is 0 Å². The van der Waals surface area contributed by atoms with Crippen molar-refractivity contribution in [3.05, 3.63) is 23.0 Å². The highest BCUT2D eigenvalue weighted by molar-refractivity contribution is 5.56. The number of aromatic nitrogens is 1. The minimum Gasteiger partial charge on any atom is -0.371 e. The Kier molecular flexibility index (Phi) is 3.86. The van der Waals surface area contributed by atoms with Crippen molar-refractivity contribution in [3.8, 4) is 0 Å². The fourth-order valence-electron chi connectivity index (χ4n) is 3.05. The second kappa shape index (κ2) is 5.12. The predicted molar refractivity (Wildman–Crippen MR) is 81.4 cm³/mol. The van der Waals surface area contributed by atoms with Crippen molar-refractivity contribution < 1.29 is 0 Å². The number of aryl methyl sites for hydroxylation is 2. The van der Waals surface area contributed by atoms with Gasteiger partial charge in [-0.3, -0.25) is 4.98 Å². The van der Waals surface area contributed by atoms with Gasteiger partial charge in [-0.25, -0.2) is 0 Å². The maximum atomic E-state index is 5.92. The molecule has 1 aliphatic rings. The van der Waals surface area contributed by atoms with E-state index >= 15 is 0 Å². The first kappa shape index (κ1) is 14.3. The summed E-state index contributed by atoms with van der Waals surface area (Å²) in [5, 5.41) is 0. The molecule has 2 rings (SSSR count). The van der Waals surface area contributed by atoms with Crippen LogP contribution in [0.1, 0.15) is 44.1 Å². The zero-order valence-electron chi connectivity index (χ0n) is 13.0. The van der Waals surface area contributed by atoms with Crippen molar-refractivity contribution in [1.29, 1.82) is 0 Å². The van der Waals surface area contributed by atoms with E-state index in [0.717, 1.165) is 30.4 Å².